The summed E-state index contributed by atoms with van der Waals surface area (Å²) >= 11 is 0. The van der Waals surface area contributed by atoms with Crippen LogP contribution < -0.4 is 16.0 Å². The number of nitrogen functional groups attached to an aromatic ring is 1. The summed E-state index contributed by atoms with van der Waals surface area (Å²) in [6.07, 6.45) is 3.38. The number of nitrogens with two attached hydrogens (primary N) is 1. The molecule has 0 saturated heterocycles. The summed E-state index contributed by atoms with van der Waals surface area (Å²) in [7, 11) is 1.88. The van der Waals surface area contributed by atoms with Gasteiger partial charge in [0.15, 0.2) is 5.82 Å². The van der Waals surface area contributed by atoms with Gasteiger partial charge in [-0.25, -0.2) is 19.3 Å². The molecule has 29 heavy (non-hydrogen) atoms. The maximum Gasteiger partial charge on any atom is 0.231 e. The van der Waals surface area contributed by atoms with Crippen molar-refractivity contribution in [2.24, 2.45) is 13.0 Å². The molecule has 0 unspecified atom stereocenters. The molecule has 3 N–H and O–H groups in total. The van der Waals surface area contributed by atoms with Crippen molar-refractivity contribution in [1.82, 2.24) is 19.5 Å². The van der Waals surface area contributed by atoms with Crippen LogP contribution in [0.15, 0.2) is 24.7 Å². The number of imidazole rings is 1. The highest BCUT2D eigenvalue weighted by atomic mass is 19.1. The molecule has 152 valence electrons. The molecule has 0 aromatic carbocycles. The van der Waals surface area contributed by atoms with Crippen LogP contribution in [0, 0.1) is 5.92 Å². The fraction of sp³-hybridized carbons (Fsp3) is 0.400. The average molecular weight is 397 g/mol. The molecule has 0 spiro atoms. The Labute approximate surface area is 168 Å². The van der Waals surface area contributed by atoms with Crippen molar-refractivity contribution in [3.63, 3.8) is 0 Å². The quantitative estimate of drug-likeness (QED) is 0.663. The summed E-state index contributed by atoms with van der Waals surface area (Å²) in [5.41, 5.74) is 9.20. The van der Waals surface area contributed by atoms with Gasteiger partial charge in [-0.05, 0) is 31.4 Å². The SMILES string of the molecule is CCc1cc(N)ncc1N(CC)c1cc2c(ncn2C)c(NC(=O)[C@H]2C[C@H]2F)n1. The second kappa shape index (κ2) is 7.31. The summed E-state index contributed by atoms with van der Waals surface area (Å²) < 4.78 is 15.2. The predicted octanol–water partition coefficient (Wildman–Crippen LogP) is 2.96. The molecular weight excluding hydrogens is 373 g/mol. The van der Waals surface area contributed by atoms with E-state index in [1.54, 1.807) is 12.5 Å². The Kier molecular flexibility index (Phi) is 4.81. The Hall–Kier alpha value is -3.23. The largest absolute Gasteiger partial charge is 0.384 e. The number of pyridine rings is 2. The molecule has 1 aliphatic rings. The first-order valence-corrected chi connectivity index (χ1v) is 9.71. The highest BCUT2D eigenvalue weighted by Gasteiger charge is 2.44. The average Bonchev–Trinajstić information content (AvgIpc) is 3.33. The van der Waals surface area contributed by atoms with Crippen molar-refractivity contribution in [1.29, 1.82) is 0 Å². The van der Waals surface area contributed by atoms with Crippen LogP contribution in [-0.4, -0.2) is 38.1 Å². The van der Waals surface area contributed by atoms with E-state index in [0.29, 0.717) is 29.5 Å². The van der Waals surface area contributed by atoms with E-state index in [2.05, 4.69) is 27.2 Å². The number of carbonyl (C=O) groups is 1. The molecule has 0 bridgehead atoms. The van der Waals surface area contributed by atoms with Gasteiger partial charge in [-0.15, -0.1) is 0 Å². The van der Waals surface area contributed by atoms with Crippen LogP contribution in [0.25, 0.3) is 11.0 Å². The fourth-order valence-corrected chi connectivity index (χ4v) is 3.47. The zero-order valence-electron chi connectivity index (χ0n) is 16.7. The van der Waals surface area contributed by atoms with E-state index in [4.69, 9.17) is 5.73 Å². The molecule has 0 radical (unpaired) electrons. The second-order valence-electron chi connectivity index (χ2n) is 7.24. The Morgan fingerprint density at radius 2 is 2.14 bits per heavy atom. The molecular formula is C20H24FN7O. The van der Waals surface area contributed by atoms with Gasteiger partial charge in [-0.3, -0.25) is 4.79 Å². The first-order valence-electron chi connectivity index (χ1n) is 9.71. The lowest BCUT2D eigenvalue weighted by Crippen LogP contribution is -2.21. The van der Waals surface area contributed by atoms with Gasteiger partial charge in [-0.2, -0.15) is 0 Å². The molecule has 3 aromatic heterocycles. The summed E-state index contributed by atoms with van der Waals surface area (Å²) in [6.45, 7) is 4.71. The number of nitrogens with zero attached hydrogens (tertiary/aromatic N) is 5. The van der Waals surface area contributed by atoms with E-state index < -0.39 is 12.1 Å². The maximum atomic E-state index is 13.3. The van der Waals surface area contributed by atoms with Crippen LogP contribution >= 0.6 is 0 Å². The highest BCUT2D eigenvalue weighted by Crippen LogP contribution is 2.36. The number of alkyl halides is 1. The lowest BCUT2D eigenvalue weighted by molar-refractivity contribution is -0.117. The number of nitrogens with one attached hydrogen (secondary N) is 1. The highest BCUT2D eigenvalue weighted by molar-refractivity contribution is 6.01. The first kappa shape index (κ1) is 19.1. The Morgan fingerprint density at radius 3 is 2.79 bits per heavy atom. The van der Waals surface area contributed by atoms with Gasteiger partial charge in [0.05, 0.1) is 29.6 Å². The third kappa shape index (κ3) is 3.48. The molecule has 3 heterocycles. The van der Waals surface area contributed by atoms with Gasteiger partial charge in [0.1, 0.15) is 23.3 Å². The van der Waals surface area contributed by atoms with Crippen LogP contribution in [0.5, 0.6) is 0 Å². The monoisotopic (exact) mass is 397 g/mol. The van der Waals surface area contributed by atoms with Crippen LogP contribution in [-0.2, 0) is 18.3 Å². The van der Waals surface area contributed by atoms with Crippen LogP contribution in [0.4, 0.5) is 27.5 Å². The number of hydrogen-bond donors (Lipinski definition) is 2. The van der Waals surface area contributed by atoms with Gasteiger partial charge in [-0.1, -0.05) is 6.92 Å². The predicted molar refractivity (Wildman–Crippen MR) is 111 cm³/mol. The lowest BCUT2D eigenvalue weighted by atomic mass is 10.1. The maximum absolute atomic E-state index is 13.3. The molecule has 8 nitrogen and oxygen atoms in total. The lowest BCUT2D eigenvalue weighted by Gasteiger charge is -2.25. The number of anilines is 4. The summed E-state index contributed by atoms with van der Waals surface area (Å²) in [6, 6.07) is 3.78. The molecule has 9 heteroatoms. The zero-order valence-corrected chi connectivity index (χ0v) is 16.7. The molecule has 2 atom stereocenters. The van der Waals surface area contributed by atoms with Gasteiger partial charge < -0.3 is 20.5 Å². The first-order chi connectivity index (χ1) is 13.9. The Balaban J connectivity index is 1.80. The standard InChI is InChI=1S/C20H24FN7O/c1-4-11-6-16(22)23-9-15(11)28(5-2)17-8-14-18(24-10-27(14)3)19(25-17)26-20(29)12-7-13(12)21/h6,8-10,12-13H,4-5,7H2,1-3H3,(H2,22,23)(H,25,26,29)/t12-,13+/m0/s1. The van der Waals surface area contributed by atoms with Crippen LogP contribution in [0.1, 0.15) is 25.8 Å². The number of aromatic nitrogens is 4. The van der Waals surface area contributed by atoms with Crippen molar-refractivity contribution < 1.29 is 9.18 Å². The third-order valence-electron chi connectivity index (χ3n) is 5.24. The van der Waals surface area contributed by atoms with Gasteiger partial charge in [0.2, 0.25) is 5.91 Å². The molecule has 0 aliphatic heterocycles. The number of amides is 1. The van der Waals surface area contributed by atoms with Crippen LogP contribution in [0.2, 0.25) is 0 Å². The minimum atomic E-state index is -1.07. The summed E-state index contributed by atoms with van der Waals surface area (Å²) in [4.78, 5) is 27.6. The Bertz CT molecular complexity index is 1080. The van der Waals surface area contributed by atoms with E-state index in [1.807, 2.05) is 35.6 Å². The molecule has 3 aromatic rings. The van der Waals surface area contributed by atoms with E-state index >= 15 is 0 Å². The number of carbonyl (C=O) groups excluding carboxylic acids is 1. The number of aryl methyl sites for hydroxylation is 2. The number of fused-ring (bicyclic) bond motifs is 1. The minimum Gasteiger partial charge on any atom is -0.384 e. The molecule has 1 aliphatic carbocycles. The van der Waals surface area contributed by atoms with Crippen LogP contribution in [0.3, 0.4) is 0 Å². The fourth-order valence-electron chi connectivity index (χ4n) is 3.47. The smallest absolute Gasteiger partial charge is 0.231 e. The van der Waals surface area contributed by atoms with E-state index in [-0.39, 0.29) is 12.3 Å². The van der Waals surface area contributed by atoms with Gasteiger partial charge in [0.25, 0.3) is 0 Å². The summed E-state index contributed by atoms with van der Waals surface area (Å²) in [5.74, 6) is 0.486. The number of rotatable bonds is 6. The van der Waals surface area contributed by atoms with Crippen molar-refractivity contribution >= 4 is 40.1 Å². The number of hydrogen-bond acceptors (Lipinski definition) is 6. The second-order valence-corrected chi connectivity index (χ2v) is 7.24. The summed E-state index contributed by atoms with van der Waals surface area (Å²) in [5, 5.41) is 2.77. The molecule has 1 saturated carbocycles. The topological polar surface area (TPSA) is 102 Å². The molecule has 1 fully saturated rings. The molecule has 1 amide bonds. The van der Waals surface area contributed by atoms with Gasteiger partial charge in [0, 0.05) is 19.7 Å². The minimum absolute atomic E-state index is 0.259. The van der Waals surface area contributed by atoms with Crippen molar-refractivity contribution in [3.05, 3.63) is 30.2 Å². The van der Waals surface area contributed by atoms with E-state index in [0.717, 1.165) is 23.2 Å². The van der Waals surface area contributed by atoms with Gasteiger partial charge >= 0.3 is 0 Å². The Morgan fingerprint density at radius 1 is 1.38 bits per heavy atom. The zero-order chi connectivity index (χ0) is 20.7. The van der Waals surface area contributed by atoms with Crippen molar-refractivity contribution in [2.45, 2.75) is 32.9 Å². The van der Waals surface area contributed by atoms with E-state index in [1.165, 1.54) is 0 Å². The van der Waals surface area contributed by atoms with Crippen molar-refractivity contribution in [2.75, 3.05) is 22.5 Å². The third-order valence-corrected chi connectivity index (χ3v) is 5.24. The van der Waals surface area contributed by atoms with E-state index in [9.17, 15) is 9.18 Å². The molecule has 4 rings (SSSR count). The van der Waals surface area contributed by atoms with Crippen molar-refractivity contribution in [3.8, 4) is 0 Å². The normalized spacial score (nSPS) is 18.1. The number of halogens is 1.